The second-order valence-corrected chi connectivity index (χ2v) is 8.18. The molecule has 4 heterocycles. The van der Waals surface area contributed by atoms with Gasteiger partial charge in [-0.2, -0.15) is 0 Å². The molecule has 0 atom stereocenters. The highest BCUT2D eigenvalue weighted by Gasteiger charge is 2.20. The van der Waals surface area contributed by atoms with Gasteiger partial charge in [-0.15, -0.1) is 11.3 Å². The van der Waals surface area contributed by atoms with Crippen LogP contribution in [0, 0.1) is 6.92 Å². The van der Waals surface area contributed by atoms with Crippen LogP contribution in [0.5, 0.6) is 5.75 Å². The van der Waals surface area contributed by atoms with E-state index in [1.165, 1.54) is 27.8 Å². The highest BCUT2D eigenvalue weighted by atomic mass is 32.1. The van der Waals surface area contributed by atoms with Crippen molar-refractivity contribution in [3.63, 3.8) is 0 Å². The number of carbonyl (C=O) groups excluding carboxylic acids is 1. The Morgan fingerprint density at radius 2 is 2.13 bits per heavy atom. The number of thiophene rings is 1. The minimum absolute atomic E-state index is 0.159. The SMILES string of the molecule is Cc1c(C(=O)Nc2cccc(-c3ccc4c(c3)CCO4)n2)sc2ncn(C)c(=O)c12. The average molecular weight is 418 g/mol. The fourth-order valence-electron chi connectivity index (χ4n) is 3.61. The molecule has 0 unspecified atom stereocenters. The van der Waals surface area contributed by atoms with Gasteiger partial charge in [0.2, 0.25) is 0 Å². The van der Waals surface area contributed by atoms with Crippen molar-refractivity contribution in [2.75, 3.05) is 11.9 Å². The average Bonchev–Trinajstić information content (AvgIpc) is 3.35. The lowest BCUT2D eigenvalue weighted by Crippen LogP contribution is -2.17. The van der Waals surface area contributed by atoms with Crippen LogP contribution < -0.4 is 15.6 Å². The van der Waals surface area contributed by atoms with Crippen LogP contribution in [0.4, 0.5) is 5.82 Å². The predicted octanol–water partition coefficient (Wildman–Crippen LogP) is 3.55. The summed E-state index contributed by atoms with van der Waals surface area (Å²) in [6.07, 6.45) is 2.35. The van der Waals surface area contributed by atoms with Gasteiger partial charge in [-0.1, -0.05) is 6.07 Å². The second kappa shape index (κ2) is 7.07. The van der Waals surface area contributed by atoms with Crippen molar-refractivity contribution in [2.45, 2.75) is 13.3 Å². The van der Waals surface area contributed by atoms with Crippen LogP contribution >= 0.6 is 11.3 Å². The van der Waals surface area contributed by atoms with E-state index >= 15 is 0 Å². The molecule has 0 aliphatic carbocycles. The first-order valence-electron chi connectivity index (χ1n) is 9.50. The number of ether oxygens (including phenoxy) is 1. The van der Waals surface area contributed by atoms with Crippen LogP contribution in [-0.4, -0.2) is 27.0 Å². The van der Waals surface area contributed by atoms with E-state index in [0.29, 0.717) is 33.1 Å². The van der Waals surface area contributed by atoms with Gasteiger partial charge in [0.25, 0.3) is 11.5 Å². The maximum absolute atomic E-state index is 12.9. The molecule has 8 heteroatoms. The summed E-state index contributed by atoms with van der Waals surface area (Å²) >= 11 is 1.21. The smallest absolute Gasteiger partial charge is 0.267 e. The minimum atomic E-state index is -0.301. The molecule has 0 fully saturated rings. The molecule has 5 rings (SSSR count). The third kappa shape index (κ3) is 3.05. The molecule has 30 heavy (non-hydrogen) atoms. The summed E-state index contributed by atoms with van der Waals surface area (Å²) in [4.78, 5) is 35.2. The zero-order chi connectivity index (χ0) is 20.8. The Hall–Kier alpha value is -3.52. The number of benzene rings is 1. The van der Waals surface area contributed by atoms with E-state index in [1.807, 2.05) is 24.3 Å². The zero-order valence-corrected chi connectivity index (χ0v) is 17.2. The molecule has 0 saturated carbocycles. The molecular weight excluding hydrogens is 400 g/mol. The van der Waals surface area contributed by atoms with E-state index in [-0.39, 0.29) is 11.5 Å². The summed E-state index contributed by atoms with van der Waals surface area (Å²) in [5.74, 6) is 1.07. The summed E-state index contributed by atoms with van der Waals surface area (Å²) in [7, 11) is 1.64. The van der Waals surface area contributed by atoms with Gasteiger partial charge < -0.3 is 14.6 Å². The Labute approximate surface area is 176 Å². The van der Waals surface area contributed by atoms with Crippen molar-refractivity contribution in [3.05, 3.63) is 69.1 Å². The molecule has 1 N–H and O–H groups in total. The number of nitrogens with zero attached hydrogens (tertiary/aromatic N) is 3. The second-order valence-electron chi connectivity index (χ2n) is 7.18. The summed E-state index contributed by atoms with van der Waals surface area (Å²) in [6, 6.07) is 11.5. The maximum Gasteiger partial charge on any atom is 0.267 e. The number of rotatable bonds is 3. The number of pyridine rings is 1. The lowest BCUT2D eigenvalue weighted by molar-refractivity contribution is 0.102. The van der Waals surface area contributed by atoms with Crippen molar-refractivity contribution in [3.8, 4) is 17.0 Å². The van der Waals surface area contributed by atoms with Crippen LogP contribution in [-0.2, 0) is 13.5 Å². The van der Waals surface area contributed by atoms with E-state index in [9.17, 15) is 9.59 Å². The maximum atomic E-state index is 12.9. The number of hydrogen-bond donors (Lipinski definition) is 1. The molecule has 1 aliphatic heterocycles. The van der Waals surface area contributed by atoms with Gasteiger partial charge in [0.1, 0.15) is 16.4 Å². The topological polar surface area (TPSA) is 86.1 Å². The Balaban J connectivity index is 1.45. The van der Waals surface area contributed by atoms with Crippen molar-refractivity contribution in [1.29, 1.82) is 0 Å². The number of amides is 1. The molecular formula is C22H18N4O3S. The first kappa shape index (κ1) is 18.5. The summed E-state index contributed by atoms with van der Waals surface area (Å²) in [5, 5.41) is 3.34. The van der Waals surface area contributed by atoms with Crippen molar-refractivity contribution in [1.82, 2.24) is 14.5 Å². The molecule has 1 aromatic carbocycles. The van der Waals surface area contributed by atoms with E-state index < -0.39 is 0 Å². The third-order valence-corrected chi connectivity index (χ3v) is 6.39. The Kier molecular flexibility index (Phi) is 4.36. The number of carbonyl (C=O) groups is 1. The number of fused-ring (bicyclic) bond motifs is 2. The van der Waals surface area contributed by atoms with Crippen molar-refractivity contribution >= 4 is 33.3 Å². The van der Waals surface area contributed by atoms with Gasteiger partial charge in [-0.3, -0.25) is 9.59 Å². The lowest BCUT2D eigenvalue weighted by Gasteiger charge is -2.08. The minimum Gasteiger partial charge on any atom is -0.493 e. The first-order chi connectivity index (χ1) is 14.5. The van der Waals surface area contributed by atoms with E-state index in [0.717, 1.165) is 23.4 Å². The normalized spacial score (nSPS) is 12.6. The molecule has 0 spiro atoms. The van der Waals surface area contributed by atoms with Crippen LogP contribution in [0.15, 0.2) is 47.5 Å². The van der Waals surface area contributed by atoms with Gasteiger partial charge in [0, 0.05) is 19.0 Å². The molecule has 1 amide bonds. The number of anilines is 1. The van der Waals surface area contributed by atoms with Crippen LogP contribution in [0.2, 0.25) is 0 Å². The van der Waals surface area contributed by atoms with Gasteiger partial charge in [-0.25, -0.2) is 9.97 Å². The van der Waals surface area contributed by atoms with Crippen LogP contribution in [0.3, 0.4) is 0 Å². The molecule has 0 bridgehead atoms. The van der Waals surface area contributed by atoms with Gasteiger partial charge in [0.15, 0.2) is 0 Å². The van der Waals surface area contributed by atoms with E-state index in [2.05, 4.69) is 21.4 Å². The van der Waals surface area contributed by atoms with Crippen molar-refractivity contribution < 1.29 is 9.53 Å². The number of hydrogen-bond acceptors (Lipinski definition) is 6. The molecule has 0 radical (unpaired) electrons. The summed E-state index contributed by atoms with van der Waals surface area (Å²) in [5.41, 5.74) is 3.38. The van der Waals surface area contributed by atoms with Gasteiger partial charge >= 0.3 is 0 Å². The number of nitrogens with one attached hydrogen (secondary N) is 1. The number of aryl methyl sites for hydroxylation is 2. The third-order valence-electron chi connectivity index (χ3n) is 5.19. The molecule has 150 valence electrons. The number of aromatic nitrogens is 3. The van der Waals surface area contributed by atoms with Crippen molar-refractivity contribution in [2.24, 2.45) is 7.05 Å². The zero-order valence-electron chi connectivity index (χ0n) is 16.4. The Morgan fingerprint density at radius 1 is 1.27 bits per heavy atom. The standard InChI is InChI=1S/C22H18N4O3S/c1-12-18-21(23-11-26(2)22(18)28)30-19(12)20(27)25-17-5-3-4-15(24-17)13-6-7-16-14(10-13)8-9-29-16/h3-7,10-11H,8-9H2,1-2H3,(H,24,25,27). The Morgan fingerprint density at radius 3 is 3.00 bits per heavy atom. The van der Waals surface area contributed by atoms with Crippen LogP contribution in [0.25, 0.3) is 21.5 Å². The molecule has 4 aromatic rings. The lowest BCUT2D eigenvalue weighted by atomic mass is 10.1. The van der Waals surface area contributed by atoms with Gasteiger partial charge in [-0.05, 0) is 48.4 Å². The highest BCUT2D eigenvalue weighted by molar-refractivity contribution is 7.20. The van der Waals surface area contributed by atoms with Gasteiger partial charge in [0.05, 0.1) is 28.9 Å². The molecule has 1 aliphatic rings. The summed E-state index contributed by atoms with van der Waals surface area (Å²) in [6.45, 7) is 2.47. The fourth-order valence-corrected chi connectivity index (χ4v) is 4.64. The largest absolute Gasteiger partial charge is 0.493 e. The quantitative estimate of drug-likeness (QED) is 0.550. The van der Waals surface area contributed by atoms with E-state index in [4.69, 9.17) is 4.74 Å². The molecule has 0 saturated heterocycles. The predicted molar refractivity (Wildman–Crippen MR) is 116 cm³/mol. The highest BCUT2D eigenvalue weighted by Crippen LogP contribution is 2.31. The first-order valence-corrected chi connectivity index (χ1v) is 10.3. The Bertz CT molecular complexity index is 1370. The molecule has 3 aromatic heterocycles. The fraction of sp³-hybridized carbons (Fsp3) is 0.182. The van der Waals surface area contributed by atoms with E-state index in [1.54, 1.807) is 20.0 Å². The summed E-state index contributed by atoms with van der Waals surface area (Å²) < 4.78 is 6.97. The van der Waals surface area contributed by atoms with Crippen LogP contribution in [0.1, 0.15) is 20.8 Å². The molecule has 7 nitrogen and oxygen atoms in total. The monoisotopic (exact) mass is 418 g/mol.